The van der Waals surface area contributed by atoms with E-state index >= 15 is 0 Å². The van der Waals surface area contributed by atoms with E-state index in [0.29, 0.717) is 12.5 Å². The van der Waals surface area contributed by atoms with Gasteiger partial charge in [0.2, 0.25) is 10.0 Å². The molecule has 1 aromatic carbocycles. The molecule has 23 heavy (non-hydrogen) atoms. The first-order valence-electron chi connectivity index (χ1n) is 7.99. The number of aromatic nitrogens is 1. The van der Waals surface area contributed by atoms with Gasteiger partial charge in [-0.1, -0.05) is 38.1 Å². The summed E-state index contributed by atoms with van der Waals surface area (Å²) in [5, 5.41) is 0. The topological polar surface area (TPSA) is 50.3 Å². The highest BCUT2D eigenvalue weighted by molar-refractivity contribution is 7.89. The van der Waals surface area contributed by atoms with Gasteiger partial charge >= 0.3 is 0 Å². The molecule has 122 valence electrons. The Labute approximate surface area is 138 Å². The van der Waals surface area contributed by atoms with Gasteiger partial charge in [-0.2, -0.15) is 4.31 Å². The van der Waals surface area contributed by atoms with Crippen LogP contribution in [0.5, 0.6) is 0 Å². The molecule has 4 nitrogen and oxygen atoms in total. The van der Waals surface area contributed by atoms with E-state index in [4.69, 9.17) is 0 Å². The van der Waals surface area contributed by atoms with Crippen molar-refractivity contribution in [3.63, 3.8) is 0 Å². The zero-order valence-electron chi connectivity index (χ0n) is 13.5. The summed E-state index contributed by atoms with van der Waals surface area (Å²) < 4.78 is 27.4. The molecule has 1 heterocycles. The van der Waals surface area contributed by atoms with Gasteiger partial charge in [-0.15, -0.1) is 0 Å². The van der Waals surface area contributed by atoms with E-state index in [0.717, 1.165) is 18.4 Å². The van der Waals surface area contributed by atoms with Crippen LogP contribution in [0, 0.1) is 0 Å². The lowest BCUT2D eigenvalue weighted by Crippen LogP contribution is -2.32. The Hall–Kier alpha value is -1.72. The second-order valence-corrected chi connectivity index (χ2v) is 8.26. The molecule has 0 radical (unpaired) electrons. The van der Waals surface area contributed by atoms with Gasteiger partial charge in [-0.3, -0.25) is 4.98 Å². The van der Waals surface area contributed by atoms with E-state index in [9.17, 15) is 8.42 Å². The lowest BCUT2D eigenvalue weighted by atomic mass is 10.0. The molecule has 0 aliphatic heterocycles. The van der Waals surface area contributed by atoms with Crippen LogP contribution in [0.1, 0.15) is 43.7 Å². The van der Waals surface area contributed by atoms with Crippen LogP contribution < -0.4 is 0 Å². The molecule has 5 heteroatoms. The second kappa shape index (κ2) is 6.42. The Morgan fingerprint density at radius 1 is 1.17 bits per heavy atom. The van der Waals surface area contributed by atoms with Crippen molar-refractivity contribution in [2.45, 2.75) is 50.1 Å². The average Bonchev–Trinajstić information content (AvgIpc) is 3.38. The first-order chi connectivity index (χ1) is 11.0. The minimum Gasteiger partial charge on any atom is -0.263 e. The van der Waals surface area contributed by atoms with E-state index in [-0.39, 0.29) is 10.9 Å². The molecule has 0 unspecified atom stereocenters. The van der Waals surface area contributed by atoms with Gasteiger partial charge in [0, 0.05) is 25.0 Å². The fourth-order valence-electron chi connectivity index (χ4n) is 2.60. The Kier molecular flexibility index (Phi) is 4.50. The number of hydrogen-bond donors (Lipinski definition) is 0. The largest absolute Gasteiger partial charge is 0.263 e. The van der Waals surface area contributed by atoms with E-state index < -0.39 is 10.0 Å². The number of sulfonamides is 1. The summed E-state index contributed by atoms with van der Waals surface area (Å²) in [7, 11) is -3.49. The van der Waals surface area contributed by atoms with Gasteiger partial charge in [0.25, 0.3) is 0 Å². The molecular formula is C18H22N2O2S. The summed E-state index contributed by atoms with van der Waals surface area (Å²) in [5.41, 5.74) is 2.29. The van der Waals surface area contributed by atoms with Gasteiger partial charge in [0.15, 0.2) is 0 Å². The third kappa shape index (κ3) is 3.62. The predicted molar refractivity (Wildman–Crippen MR) is 90.5 cm³/mol. The van der Waals surface area contributed by atoms with E-state index in [1.165, 1.54) is 11.8 Å². The standard InChI is InChI=1S/C18H22N2O2S/c1-14(2)16-7-5-15(6-8-16)13-20(17-9-10-17)23(21,22)18-4-3-11-19-12-18/h3-8,11-12,14,17H,9-10,13H2,1-2H3. The van der Waals surface area contributed by atoms with Crippen molar-refractivity contribution in [3.05, 3.63) is 59.9 Å². The molecule has 0 bridgehead atoms. The second-order valence-electron chi connectivity index (χ2n) is 6.37. The molecule has 0 saturated heterocycles. The van der Waals surface area contributed by atoms with Crippen molar-refractivity contribution in [1.29, 1.82) is 0 Å². The first-order valence-corrected chi connectivity index (χ1v) is 9.43. The van der Waals surface area contributed by atoms with Crippen LogP contribution in [0.25, 0.3) is 0 Å². The molecule has 2 aromatic rings. The molecule has 0 spiro atoms. The zero-order chi connectivity index (χ0) is 16.4. The quantitative estimate of drug-likeness (QED) is 0.814. The Balaban J connectivity index is 1.85. The first kappa shape index (κ1) is 16.1. The minimum atomic E-state index is -3.49. The van der Waals surface area contributed by atoms with E-state index in [2.05, 4.69) is 31.0 Å². The monoisotopic (exact) mass is 330 g/mol. The van der Waals surface area contributed by atoms with Crippen LogP contribution in [0.15, 0.2) is 53.7 Å². The fourth-order valence-corrected chi connectivity index (χ4v) is 4.23. The van der Waals surface area contributed by atoms with Crippen molar-refractivity contribution in [2.75, 3.05) is 0 Å². The third-order valence-corrected chi connectivity index (χ3v) is 6.06. The van der Waals surface area contributed by atoms with E-state index in [1.807, 2.05) is 12.1 Å². The molecule has 0 N–H and O–H groups in total. The summed E-state index contributed by atoms with van der Waals surface area (Å²) in [6, 6.07) is 11.6. The molecule has 0 atom stereocenters. The van der Waals surface area contributed by atoms with Crippen LogP contribution >= 0.6 is 0 Å². The molecular weight excluding hydrogens is 308 g/mol. The van der Waals surface area contributed by atoms with Crippen molar-refractivity contribution in [1.82, 2.24) is 9.29 Å². The van der Waals surface area contributed by atoms with Crippen LogP contribution in [0.3, 0.4) is 0 Å². The smallest absolute Gasteiger partial charge is 0.245 e. The molecule has 1 saturated carbocycles. The molecule has 0 amide bonds. The van der Waals surface area contributed by atoms with Gasteiger partial charge in [-0.25, -0.2) is 8.42 Å². The highest BCUT2D eigenvalue weighted by Gasteiger charge is 2.38. The van der Waals surface area contributed by atoms with Crippen LogP contribution in [-0.4, -0.2) is 23.7 Å². The van der Waals surface area contributed by atoms with Crippen molar-refractivity contribution in [3.8, 4) is 0 Å². The summed E-state index contributed by atoms with van der Waals surface area (Å²) >= 11 is 0. The van der Waals surface area contributed by atoms with Gasteiger partial charge < -0.3 is 0 Å². The van der Waals surface area contributed by atoms with Crippen molar-refractivity contribution < 1.29 is 8.42 Å². The summed E-state index contributed by atoms with van der Waals surface area (Å²) in [4.78, 5) is 4.21. The summed E-state index contributed by atoms with van der Waals surface area (Å²) in [6.45, 7) is 4.72. The maximum atomic E-state index is 12.9. The Bertz CT molecular complexity index is 751. The fraction of sp³-hybridized carbons (Fsp3) is 0.389. The molecule has 3 rings (SSSR count). The molecule has 1 aromatic heterocycles. The van der Waals surface area contributed by atoms with E-state index in [1.54, 1.807) is 22.6 Å². The van der Waals surface area contributed by atoms with Gasteiger partial charge in [-0.05, 0) is 42.0 Å². The summed E-state index contributed by atoms with van der Waals surface area (Å²) in [5.74, 6) is 0.475. The SMILES string of the molecule is CC(C)c1ccc(CN(C2CC2)S(=O)(=O)c2cccnc2)cc1. The highest BCUT2D eigenvalue weighted by Crippen LogP contribution is 2.33. The Morgan fingerprint density at radius 2 is 1.87 bits per heavy atom. The summed E-state index contributed by atoms with van der Waals surface area (Å²) in [6.07, 6.45) is 4.88. The Morgan fingerprint density at radius 3 is 2.39 bits per heavy atom. The molecule has 1 aliphatic carbocycles. The number of nitrogens with zero attached hydrogens (tertiary/aromatic N) is 2. The lowest BCUT2D eigenvalue weighted by Gasteiger charge is -2.22. The normalized spacial score (nSPS) is 15.3. The van der Waals surface area contributed by atoms with Gasteiger partial charge in [0.05, 0.1) is 0 Å². The third-order valence-electron chi connectivity index (χ3n) is 4.18. The van der Waals surface area contributed by atoms with Crippen LogP contribution in [-0.2, 0) is 16.6 Å². The number of rotatable bonds is 6. The highest BCUT2D eigenvalue weighted by atomic mass is 32.2. The maximum Gasteiger partial charge on any atom is 0.245 e. The van der Waals surface area contributed by atoms with Crippen LogP contribution in [0.2, 0.25) is 0 Å². The van der Waals surface area contributed by atoms with Crippen molar-refractivity contribution in [2.24, 2.45) is 0 Å². The number of hydrogen-bond acceptors (Lipinski definition) is 3. The molecule has 1 aliphatic rings. The lowest BCUT2D eigenvalue weighted by molar-refractivity contribution is 0.398. The van der Waals surface area contributed by atoms with Crippen LogP contribution in [0.4, 0.5) is 0 Å². The molecule has 1 fully saturated rings. The van der Waals surface area contributed by atoms with Gasteiger partial charge in [0.1, 0.15) is 4.90 Å². The number of pyridine rings is 1. The maximum absolute atomic E-state index is 12.9. The predicted octanol–water partition coefficient (Wildman–Crippen LogP) is 3.56. The minimum absolute atomic E-state index is 0.116. The number of benzene rings is 1. The van der Waals surface area contributed by atoms with Crippen molar-refractivity contribution >= 4 is 10.0 Å². The average molecular weight is 330 g/mol. The zero-order valence-corrected chi connectivity index (χ0v) is 14.3.